The van der Waals surface area contributed by atoms with E-state index < -0.39 is 0 Å². The first-order valence-corrected chi connectivity index (χ1v) is 8.32. The minimum Gasteiger partial charge on any atom is -0.486 e. The highest BCUT2D eigenvalue weighted by molar-refractivity contribution is 7.98. The van der Waals surface area contributed by atoms with Crippen molar-refractivity contribution in [1.29, 1.82) is 0 Å². The molecule has 0 saturated carbocycles. The topological polar surface area (TPSA) is 47.6 Å². The van der Waals surface area contributed by atoms with E-state index in [1.807, 2.05) is 18.4 Å². The molecule has 6 heteroatoms. The van der Waals surface area contributed by atoms with Crippen molar-refractivity contribution in [1.82, 2.24) is 0 Å². The van der Waals surface area contributed by atoms with Crippen molar-refractivity contribution in [3.05, 3.63) is 47.0 Å². The minimum atomic E-state index is -0.216. The molecule has 0 atom stereocenters. The van der Waals surface area contributed by atoms with Crippen LogP contribution in [0.2, 0.25) is 5.02 Å². The van der Waals surface area contributed by atoms with Crippen LogP contribution in [0, 0.1) is 0 Å². The number of thioether (sulfide) groups is 1. The number of rotatable bonds is 3. The molecular weight excluding hydrogens is 322 g/mol. The van der Waals surface area contributed by atoms with Gasteiger partial charge in [0.2, 0.25) is 0 Å². The average molecular weight is 336 g/mol. The van der Waals surface area contributed by atoms with Crippen molar-refractivity contribution < 1.29 is 14.3 Å². The van der Waals surface area contributed by atoms with Crippen molar-refractivity contribution in [3.63, 3.8) is 0 Å². The van der Waals surface area contributed by atoms with Crippen LogP contribution in [0.5, 0.6) is 11.5 Å². The zero-order valence-corrected chi connectivity index (χ0v) is 13.5. The molecule has 1 aliphatic heterocycles. The molecule has 0 bridgehead atoms. The molecule has 1 amide bonds. The van der Waals surface area contributed by atoms with E-state index in [0.717, 1.165) is 4.90 Å². The summed E-state index contributed by atoms with van der Waals surface area (Å²) in [6, 6.07) is 10.7. The largest absolute Gasteiger partial charge is 0.486 e. The smallest absolute Gasteiger partial charge is 0.255 e. The van der Waals surface area contributed by atoms with E-state index in [4.69, 9.17) is 21.1 Å². The summed E-state index contributed by atoms with van der Waals surface area (Å²) in [4.78, 5) is 13.4. The lowest BCUT2D eigenvalue weighted by Gasteiger charge is -2.20. The number of halogens is 1. The first kappa shape index (κ1) is 15.1. The minimum absolute atomic E-state index is 0.216. The van der Waals surface area contributed by atoms with Crippen molar-refractivity contribution in [2.45, 2.75) is 4.90 Å². The van der Waals surface area contributed by atoms with Crippen LogP contribution in [0.3, 0.4) is 0 Å². The van der Waals surface area contributed by atoms with Crippen LogP contribution in [0.4, 0.5) is 5.69 Å². The van der Waals surface area contributed by atoms with E-state index >= 15 is 0 Å². The predicted octanol–water partition coefficient (Wildman–Crippen LogP) is 4.09. The molecule has 114 valence electrons. The summed E-state index contributed by atoms with van der Waals surface area (Å²) in [5.41, 5.74) is 1.08. The van der Waals surface area contributed by atoms with E-state index in [2.05, 4.69) is 5.32 Å². The number of anilines is 1. The number of nitrogens with one attached hydrogen (secondary N) is 1. The highest BCUT2D eigenvalue weighted by Gasteiger charge is 2.16. The first-order valence-electron chi connectivity index (χ1n) is 6.72. The molecule has 1 heterocycles. The van der Waals surface area contributed by atoms with Gasteiger partial charge >= 0.3 is 0 Å². The van der Waals surface area contributed by atoms with Crippen LogP contribution in [0.1, 0.15) is 10.4 Å². The number of hydrogen-bond donors (Lipinski definition) is 1. The van der Waals surface area contributed by atoms with Crippen LogP contribution in [0.25, 0.3) is 0 Å². The molecule has 0 saturated heterocycles. The van der Waals surface area contributed by atoms with Crippen LogP contribution in [0.15, 0.2) is 41.3 Å². The second-order valence-electron chi connectivity index (χ2n) is 4.66. The molecule has 2 aromatic rings. The molecular formula is C16H14ClNO3S. The summed E-state index contributed by atoms with van der Waals surface area (Å²) in [6.45, 7) is 0.981. The summed E-state index contributed by atoms with van der Waals surface area (Å²) >= 11 is 7.81. The summed E-state index contributed by atoms with van der Waals surface area (Å²) in [7, 11) is 0. The molecule has 22 heavy (non-hydrogen) atoms. The lowest BCUT2D eigenvalue weighted by molar-refractivity contribution is 0.102. The third kappa shape index (κ3) is 3.15. The fourth-order valence-electron chi connectivity index (χ4n) is 2.10. The highest BCUT2D eigenvalue weighted by Crippen LogP contribution is 2.38. The quantitative estimate of drug-likeness (QED) is 0.858. The van der Waals surface area contributed by atoms with Gasteiger partial charge in [-0.15, -0.1) is 11.8 Å². The van der Waals surface area contributed by atoms with E-state index in [9.17, 15) is 4.79 Å². The van der Waals surface area contributed by atoms with E-state index in [1.54, 1.807) is 36.0 Å². The van der Waals surface area contributed by atoms with Gasteiger partial charge in [0.1, 0.15) is 13.2 Å². The number of fused-ring (bicyclic) bond motifs is 1. The number of carbonyl (C=O) groups excluding carboxylic acids is 1. The van der Waals surface area contributed by atoms with Gasteiger partial charge in [0.25, 0.3) is 5.91 Å². The Labute approximate surface area is 137 Å². The Hall–Kier alpha value is -1.85. The Morgan fingerprint density at radius 2 is 1.77 bits per heavy atom. The van der Waals surface area contributed by atoms with Gasteiger partial charge in [-0.25, -0.2) is 0 Å². The molecule has 0 fully saturated rings. The van der Waals surface area contributed by atoms with Crippen LogP contribution in [-0.2, 0) is 0 Å². The SMILES string of the molecule is CSc1ccc(C(=O)Nc2cc3c(cc2Cl)OCCO3)cc1. The zero-order chi connectivity index (χ0) is 15.5. The van der Waals surface area contributed by atoms with Crippen LogP contribution >= 0.6 is 23.4 Å². The van der Waals surface area contributed by atoms with E-state index in [1.165, 1.54) is 0 Å². The summed E-state index contributed by atoms with van der Waals surface area (Å²) in [6.07, 6.45) is 1.99. The Kier molecular flexibility index (Phi) is 4.45. The lowest BCUT2D eigenvalue weighted by Crippen LogP contribution is -2.16. The van der Waals surface area contributed by atoms with Gasteiger partial charge in [0.05, 0.1) is 10.7 Å². The highest BCUT2D eigenvalue weighted by atomic mass is 35.5. The average Bonchev–Trinajstić information content (AvgIpc) is 2.55. The predicted molar refractivity (Wildman–Crippen MR) is 88.6 cm³/mol. The second kappa shape index (κ2) is 6.50. The van der Waals surface area contributed by atoms with Crippen LogP contribution < -0.4 is 14.8 Å². The van der Waals surface area contributed by atoms with Gasteiger partial charge in [-0.05, 0) is 30.5 Å². The third-order valence-electron chi connectivity index (χ3n) is 3.23. The molecule has 4 nitrogen and oxygen atoms in total. The van der Waals surface area contributed by atoms with Gasteiger partial charge in [-0.3, -0.25) is 4.79 Å². The Morgan fingerprint density at radius 3 is 2.41 bits per heavy atom. The molecule has 2 aromatic carbocycles. The summed E-state index contributed by atoms with van der Waals surface area (Å²) in [5, 5.41) is 3.22. The van der Waals surface area contributed by atoms with E-state index in [-0.39, 0.29) is 5.91 Å². The lowest BCUT2D eigenvalue weighted by atomic mass is 10.2. The molecule has 3 rings (SSSR count). The third-order valence-corrected chi connectivity index (χ3v) is 4.29. The van der Waals surface area contributed by atoms with E-state index in [0.29, 0.717) is 41.0 Å². The number of amides is 1. The van der Waals surface area contributed by atoms with Crippen molar-refractivity contribution >= 4 is 35.0 Å². The van der Waals surface area contributed by atoms with Crippen molar-refractivity contribution in [2.75, 3.05) is 24.8 Å². The maximum Gasteiger partial charge on any atom is 0.255 e. The first-order chi connectivity index (χ1) is 10.7. The monoisotopic (exact) mass is 335 g/mol. The van der Waals surface area contributed by atoms with Gasteiger partial charge in [0, 0.05) is 22.6 Å². The Bertz CT molecular complexity index is 703. The Balaban J connectivity index is 1.81. The van der Waals surface area contributed by atoms with Crippen LogP contribution in [-0.4, -0.2) is 25.4 Å². The fourth-order valence-corrected chi connectivity index (χ4v) is 2.71. The number of hydrogen-bond acceptors (Lipinski definition) is 4. The normalized spacial score (nSPS) is 12.8. The molecule has 0 aliphatic carbocycles. The molecule has 0 spiro atoms. The molecule has 1 aliphatic rings. The van der Waals surface area contributed by atoms with Gasteiger partial charge in [-0.2, -0.15) is 0 Å². The Morgan fingerprint density at radius 1 is 1.14 bits per heavy atom. The molecule has 1 N–H and O–H groups in total. The summed E-state index contributed by atoms with van der Waals surface area (Å²) in [5.74, 6) is 0.966. The van der Waals surface area contributed by atoms with Crippen molar-refractivity contribution in [2.24, 2.45) is 0 Å². The van der Waals surface area contributed by atoms with Gasteiger partial charge in [-0.1, -0.05) is 11.6 Å². The van der Waals surface area contributed by atoms with Gasteiger partial charge in [0.15, 0.2) is 11.5 Å². The molecule has 0 unspecified atom stereocenters. The zero-order valence-electron chi connectivity index (χ0n) is 11.9. The number of ether oxygens (including phenoxy) is 2. The maximum absolute atomic E-state index is 12.3. The standard InChI is InChI=1S/C16H14ClNO3S/c1-22-11-4-2-10(3-5-11)16(19)18-13-9-15-14(8-12(13)17)20-6-7-21-15/h2-5,8-9H,6-7H2,1H3,(H,18,19). The molecule has 0 radical (unpaired) electrons. The fraction of sp³-hybridized carbons (Fsp3) is 0.188. The molecule has 0 aromatic heterocycles. The van der Waals surface area contributed by atoms with Gasteiger partial charge < -0.3 is 14.8 Å². The number of benzene rings is 2. The summed E-state index contributed by atoms with van der Waals surface area (Å²) < 4.78 is 10.9. The number of carbonyl (C=O) groups is 1. The second-order valence-corrected chi connectivity index (χ2v) is 5.95. The maximum atomic E-state index is 12.3. The van der Waals surface area contributed by atoms with Crippen molar-refractivity contribution in [3.8, 4) is 11.5 Å².